The third-order valence-electron chi connectivity index (χ3n) is 1.37. The first-order valence-corrected chi connectivity index (χ1v) is 3.54. The average molecular weight is 210 g/mol. The fraction of sp³-hybridized carbons (Fsp3) is 0.143. The molecule has 0 saturated carbocycles. The highest BCUT2D eigenvalue weighted by atomic mass is 35.5. The van der Waals surface area contributed by atoms with Gasteiger partial charge in [-0.2, -0.15) is 4.39 Å². The predicted molar refractivity (Wildman–Crippen MR) is 39.3 cm³/mol. The molecule has 0 aliphatic heterocycles. The zero-order chi connectivity index (χ0) is 10.0. The molecule has 70 valence electrons. The largest absolute Gasteiger partial charge is 0.276 e. The smallest absolute Gasteiger partial charge is 0.269 e. The number of pyridine rings is 1. The number of alkyl halides is 2. The number of rotatable bonds is 2. The van der Waals surface area contributed by atoms with E-state index in [4.69, 9.17) is 11.6 Å². The maximum absolute atomic E-state index is 12.7. The van der Waals surface area contributed by atoms with E-state index in [1.807, 2.05) is 0 Å². The molecule has 13 heavy (non-hydrogen) atoms. The minimum atomic E-state index is -3.11. The molecule has 0 amide bonds. The lowest BCUT2D eigenvalue weighted by molar-refractivity contribution is 0.106. The first-order valence-electron chi connectivity index (χ1n) is 3.16. The van der Waals surface area contributed by atoms with E-state index >= 15 is 0 Å². The number of halogens is 4. The second-order valence-electron chi connectivity index (χ2n) is 2.14. The van der Waals surface area contributed by atoms with Crippen molar-refractivity contribution in [3.8, 4) is 0 Å². The quantitative estimate of drug-likeness (QED) is 0.553. The SMILES string of the molecule is O=C(Cl)c1ccnc(F)c1C(F)F. The Kier molecular flexibility index (Phi) is 2.87. The molecule has 0 saturated heterocycles. The van der Waals surface area contributed by atoms with Crippen LogP contribution in [0.3, 0.4) is 0 Å². The van der Waals surface area contributed by atoms with Gasteiger partial charge in [0.2, 0.25) is 5.95 Å². The number of carbonyl (C=O) groups excluding carboxylic acids is 1. The molecule has 0 aromatic carbocycles. The van der Waals surface area contributed by atoms with Gasteiger partial charge in [-0.25, -0.2) is 13.8 Å². The molecule has 2 nitrogen and oxygen atoms in total. The van der Waals surface area contributed by atoms with Gasteiger partial charge in [0.25, 0.3) is 11.7 Å². The van der Waals surface area contributed by atoms with E-state index < -0.39 is 28.7 Å². The minimum Gasteiger partial charge on any atom is -0.276 e. The van der Waals surface area contributed by atoms with Crippen molar-refractivity contribution < 1.29 is 18.0 Å². The van der Waals surface area contributed by atoms with Gasteiger partial charge < -0.3 is 0 Å². The minimum absolute atomic E-state index is 0.552. The summed E-state index contributed by atoms with van der Waals surface area (Å²) in [6, 6.07) is 0.944. The van der Waals surface area contributed by atoms with Gasteiger partial charge in [0.1, 0.15) is 0 Å². The molecule has 1 aromatic rings. The predicted octanol–water partition coefficient (Wildman–Crippen LogP) is 2.54. The molecule has 0 aliphatic rings. The van der Waals surface area contributed by atoms with Crippen molar-refractivity contribution in [2.45, 2.75) is 6.43 Å². The molecule has 1 rings (SSSR count). The van der Waals surface area contributed by atoms with Crippen LogP contribution in [-0.2, 0) is 0 Å². The van der Waals surface area contributed by atoms with Crippen molar-refractivity contribution >= 4 is 16.8 Å². The van der Waals surface area contributed by atoms with Gasteiger partial charge in [0.05, 0.1) is 5.56 Å². The van der Waals surface area contributed by atoms with E-state index in [1.54, 1.807) is 0 Å². The summed E-state index contributed by atoms with van der Waals surface area (Å²) in [5, 5.41) is -1.13. The average Bonchev–Trinajstić information content (AvgIpc) is 2.02. The zero-order valence-corrected chi connectivity index (χ0v) is 6.86. The summed E-state index contributed by atoms with van der Waals surface area (Å²) < 4.78 is 37.0. The van der Waals surface area contributed by atoms with Gasteiger partial charge in [-0.1, -0.05) is 0 Å². The first-order chi connectivity index (χ1) is 6.04. The van der Waals surface area contributed by atoms with Gasteiger partial charge in [-0.3, -0.25) is 4.79 Å². The van der Waals surface area contributed by atoms with Gasteiger partial charge >= 0.3 is 0 Å². The summed E-state index contributed by atoms with van der Waals surface area (Å²) in [7, 11) is 0. The van der Waals surface area contributed by atoms with Crippen LogP contribution in [0, 0.1) is 5.95 Å². The zero-order valence-electron chi connectivity index (χ0n) is 6.10. The Morgan fingerprint density at radius 2 is 2.15 bits per heavy atom. The summed E-state index contributed by atoms with van der Waals surface area (Å²) in [5.74, 6) is -1.37. The summed E-state index contributed by atoms with van der Waals surface area (Å²) in [6.45, 7) is 0. The number of nitrogens with zero attached hydrogens (tertiary/aromatic N) is 1. The van der Waals surface area contributed by atoms with Gasteiger partial charge in [-0.15, -0.1) is 0 Å². The summed E-state index contributed by atoms with van der Waals surface area (Å²) in [4.78, 5) is 13.5. The molecule has 0 atom stereocenters. The molecule has 0 radical (unpaired) electrons. The van der Waals surface area contributed by atoms with Crippen molar-refractivity contribution in [3.63, 3.8) is 0 Å². The topological polar surface area (TPSA) is 30.0 Å². The van der Waals surface area contributed by atoms with Crippen molar-refractivity contribution in [2.75, 3.05) is 0 Å². The number of carbonyl (C=O) groups is 1. The van der Waals surface area contributed by atoms with E-state index in [0.29, 0.717) is 0 Å². The standard InChI is InChI=1S/C7H3ClF3NO/c8-5(13)3-1-2-12-7(11)4(3)6(9)10/h1-2,6H. The number of hydrogen-bond acceptors (Lipinski definition) is 2. The lowest BCUT2D eigenvalue weighted by Crippen LogP contribution is -2.03. The monoisotopic (exact) mass is 209 g/mol. The van der Waals surface area contributed by atoms with Crippen molar-refractivity contribution in [1.82, 2.24) is 4.98 Å². The van der Waals surface area contributed by atoms with E-state index in [9.17, 15) is 18.0 Å². The summed E-state index contributed by atoms with van der Waals surface area (Å²) in [5.41, 5.74) is -1.60. The molecular formula is C7H3ClF3NO. The Hall–Kier alpha value is -1.10. The lowest BCUT2D eigenvalue weighted by atomic mass is 10.1. The van der Waals surface area contributed by atoms with E-state index in [-0.39, 0.29) is 0 Å². The second-order valence-corrected chi connectivity index (χ2v) is 2.48. The highest BCUT2D eigenvalue weighted by Crippen LogP contribution is 2.25. The molecule has 0 N–H and O–H groups in total. The van der Waals surface area contributed by atoms with Crippen LogP contribution in [0.15, 0.2) is 12.3 Å². The maximum Gasteiger partial charge on any atom is 0.269 e. The number of aromatic nitrogens is 1. The highest BCUT2D eigenvalue weighted by molar-refractivity contribution is 6.67. The van der Waals surface area contributed by atoms with Crippen LogP contribution in [0.1, 0.15) is 22.3 Å². The molecule has 0 bridgehead atoms. The Morgan fingerprint density at radius 3 is 2.54 bits per heavy atom. The lowest BCUT2D eigenvalue weighted by Gasteiger charge is -2.04. The third kappa shape index (κ3) is 1.98. The van der Waals surface area contributed by atoms with E-state index in [1.165, 1.54) is 0 Å². The molecule has 0 fully saturated rings. The van der Waals surface area contributed by atoms with Crippen LogP contribution in [0.2, 0.25) is 0 Å². The Labute approximate surface area is 76.3 Å². The molecule has 0 spiro atoms. The van der Waals surface area contributed by atoms with Crippen LogP contribution < -0.4 is 0 Å². The second kappa shape index (κ2) is 3.74. The molecule has 0 aliphatic carbocycles. The van der Waals surface area contributed by atoms with Crippen molar-refractivity contribution in [1.29, 1.82) is 0 Å². The van der Waals surface area contributed by atoms with Crippen LogP contribution in [0.25, 0.3) is 0 Å². The highest BCUT2D eigenvalue weighted by Gasteiger charge is 2.22. The van der Waals surface area contributed by atoms with Crippen LogP contribution in [0.4, 0.5) is 13.2 Å². The van der Waals surface area contributed by atoms with Crippen molar-refractivity contribution in [3.05, 3.63) is 29.3 Å². The molecule has 1 aromatic heterocycles. The van der Waals surface area contributed by atoms with E-state index in [0.717, 1.165) is 12.3 Å². The van der Waals surface area contributed by atoms with Gasteiger partial charge in [-0.05, 0) is 17.7 Å². The first kappa shape index (κ1) is 9.98. The fourth-order valence-corrected chi connectivity index (χ4v) is 0.991. The third-order valence-corrected chi connectivity index (χ3v) is 1.58. The van der Waals surface area contributed by atoms with Crippen LogP contribution in [-0.4, -0.2) is 10.2 Å². The van der Waals surface area contributed by atoms with Crippen LogP contribution in [0.5, 0.6) is 0 Å². The Balaban J connectivity index is 3.34. The fourth-order valence-electron chi connectivity index (χ4n) is 0.827. The maximum atomic E-state index is 12.7. The van der Waals surface area contributed by atoms with E-state index in [2.05, 4.69) is 4.98 Å². The Morgan fingerprint density at radius 1 is 1.54 bits per heavy atom. The molecular weight excluding hydrogens is 207 g/mol. The van der Waals surface area contributed by atoms with Gasteiger partial charge in [0, 0.05) is 11.8 Å². The van der Waals surface area contributed by atoms with Crippen LogP contribution >= 0.6 is 11.6 Å². The Bertz CT molecular complexity index is 343. The normalized spacial score (nSPS) is 10.5. The molecule has 6 heteroatoms. The molecule has 1 heterocycles. The molecule has 0 unspecified atom stereocenters. The number of hydrogen-bond donors (Lipinski definition) is 0. The van der Waals surface area contributed by atoms with Gasteiger partial charge in [0.15, 0.2) is 0 Å². The summed E-state index contributed by atoms with van der Waals surface area (Å²) >= 11 is 4.96. The summed E-state index contributed by atoms with van der Waals surface area (Å²) in [6.07, 6.45) is -2.21. The van der Waals surface area contributed by atoms with Crippen molar-refractivity contribution in [2.24, 2.45) is 0 Å².